The molecule has 6 aromatic rings. The first-order valence-electron chi connectivity index (χ1n) is 10.8. The van der Waals surface area contributed by atoms with Crippen LogP contribution in [0.3, 0.4) is 0 Å². The summed E-state index contributed by atoms with van der Waals surface area (Å²) >= 11 is 3.52. The fourth-order valence-electron chi connectivity index (χ4n) is 4.27. The summed E-state index contributed by atoms with van der Waals surface area (Å²) in [6.45, 7) is 0. The van der Waals surface area contributed by atoms with Gasteiger partial charge in [-0.05, 0) is 83.3 Å². The molecule has 0 N–H and O–H groups in total. The van der Waals surface area contributed by atoms with Crippen LogP contribution in [0.4, 0.5) is 0 Å². The molecule has 0 saturated carbocycles. The number of halogens is 1. The smallest absolute Gasteiger partial charge is 0.133 e. The van der Waals surface area contributed by atoms with Crippen LogP contribution >= 0.6 is 15.9 Å². The molecule has 0 aromatic heterocycles. The quantitative estimate of drug-likeness (QED) is 0.216. The normalized spacial score (nSPS) is 10.6. The van der Waals surface area contributed by atoms with E-state index in [4.69, 9.17) is 9.47 Å². The first kappa shape index (κ1) is 23.6. The molecule has 0 aliphatic carbocycles. The number of rotatable bonds is 2. The van der Waals surface area contributed by atoms with Gasteiger partial charge >= 0.3 is 0 Å². The highest BCUT2D eigenvalue weighted by Crippen LogP contribution is 2.34. The van der Waals surface area contributed by atoms with Crippen LogP contribution in [-0.4, -0.2) is 14.2 Å². The van der Waals surface area contributed by atoms with E-state index in [0.29, 0.717) is 0 Å². The molecule has 0 bridgehead atoms. The predicted octanol–water partition coefficient (Wildman–Crippen LogP) is 9.40. The second-order valence-corrected chi connectivity index (χ2v) is 8.72. The van der Waals surface area contributed by atoms with Crippen molar-refractivity contribution in [2.24, 2.45) is 0 Å². The molecule has 0 fully saturated rings. The number of hydrogen-bond acceptors (Lipinski definition) is 2. The highest BCUT2D eigenvalue weighted by molar-refractivity contribution is 9.10. The molecule has 0 amide bonds. The van der Waals surface area contributed by atoms with Crippen LogP contribution < -0.4 is 9.47 Å². The molecule has 2 nitrogen and oxygen atoms in total. The van der Waals surface area contributed by atoms with Crippen LogP contribution in [0.1, 0.15) is 7.43 Å². The second kappa shape index (κ2) is 10.1. The number of benzene rings is 6. The average molecular weight is 511 g/mol. The number of fused-ring (bicyclic) bond motifs is 6. The summed E-state index contributed by atoms with van der Waals surface area (Å²) in [5.41, 5.74) is 0. The van der Waals surface area contributed by atoms with Crippen molar-refractivity contribution in [2.75, 3.05) is 14.2 Å². The van der Waals surface area contributed by atoms with E-state index in [-0.39, 0.29) is 7.43 Å². The van der Waals surface area contributed by atoms with Gasteiger partial charge in [-0.15, -0.1) is 0 Å². The molecule has 0 saturated heterocycles. The summed E-state index contributed by atoms with van der Waals surface area (Å²) in [5.74, 6) is 1.78. The van der Waals surface area contributed by atoms with Gasteiger partial charge in [-0.2, -0.15) is 0 Å². The zero-order valence-corrected chi connectivity index (χ0v) is 20.1. The molecule has 170 valence electrons. The number of methoxy groups -OCH3 is 2. The molecular weight excluding hydrogens is 484 g/mol. The molecule has 0 aliphatic heterocycles. The lowest BCUT2D eigenvalue weighted by Crippen LogP contribution is -1.85. The van der Waals surface area contributed by atoms with Crippen molar-refractivity contribution < 1.29 is 9.47 Å². The molecule has 6 rings (SSSR count). The van der Waals surface area contributed by atoms with Crippen molar-refractivity contribution >= 4 is 59.0 Å². The van der Waals surface area contributed by atoms with Crippen molar-refractivity contribution in [2.45, 2.75) is 7.43 Å². The van der Waals surface area contributed by atoms with Gasteiger partial charge in [0, 0.05) is 0 Å². The van der Waals surface area contributed by atoms with Gasteiger partial charge in [-0.1, -0.05) is 86.3 Å². The molecule has 6 aromatic carbocycles. The van der Waals surface area contributed by atoms with E-state index in [1.165, 1.54) is 43.1 Å². The third-order valence-corrected chi connectivity index (χ3v) is 6.59. The monoisotopic (exact) mass is 510 g/mol. The zero-order chi connectivity index (χ0) is 22.8. The minimum atomic E-state index is 0. The van der Waals surface area contributed by atoms with E-state index >= 15 is 0 Å². The van der Waals surface area contributed by atoms with E-state index in [1.54, 1.807) is 14.2 Å². The summed E-state index contributed by atoms with van der Waals surface area (Å²) in [5, 5.41) is 10.00. The van der Waals surface area contributed by atoms with Crippen molar-refractivity contribution in [3.05, 3.63) is 108 Å². The summed E-state index contributed by atoms with van der Waals surface area (Å²) in [6, 6.07) is 35.8. The first-order valence-corrected chi connectivity index (χ1v) is 11.6. The second-order valence-electron chi connectivity index (χ2n) is 7.87. The Kier molecular flexibility index (Phi) is 7.04. The van der Waals surface area contributed by atoms with Crippen LogP contribution in [0, 0.1) is 0 Å². The van der Waals surface area contributed by atoms with Crippen LogP contribution in [-0.2, 0) is 0 Å². The predicted molar refractivity (Wildman–Crippen MR) is 150 cm³/mol. The Morgan fingerprint density at radius 2 is 1.00 bits per heavy atom. The topological polar surface area (TPSA) is 18.5 Å². The number of ether oxygens (including phenoxy) is 2. The fraction of sp³-hybridized carbons (Fsp3) is 0.0968. The molecule has 0 unspecified atom stereocenters. The van der Waals surface area contributed by atoms with Gasteiger partial charge in [0.2, 0.25) is 0 Å². The Hall–Kier alpha value is -3.56. The highest BCUT2D eigenvalue weighted by Gasteiger charge is 2.05. The maximum atomic E-state index is 5.36. The van der Waals surface area contributed by atoms with Crippen molar-refractivity contribution in [3.8, 4) is 11.5 Å². The zero-order valence-electron chi connectivity index (χ0n) is 18.5. The van der Waals surface area contributed by atoms with E-state index < -0.39 is 0 Å². The highest BCUT2D eigenvalue weighted by atomic mass is 79.9. The summed E-state index contributed by atoms with van der Waals surface area (Å²) in [7, 11) is 3.39. The van der Waals surface area contributed by atoms with Gasteiger partial charge in [0.1, 0.15) is 11.5 Å². The molecule has 34 heavy (non-hydrogen) atoms. The summed E-state index contributed by atoms with van der Waals surface area (Å²) in [6.07, 6.45) is 0. The third-order valence-electron chi connectivity index (χ3n) is 5.97. The van der Waals surface area contributed by atoms with Gasteiger partial charge in [-0.3, -0.25) is 0 Å². The Bertz CT molecular complexity index is 1600. The Morgan fingerprint density at radius 3 is 1.59 bits per heavy atom. The maximum Gasteiger partial charge on any atom is 0.133 e. The molecule has 0 heterocycles. The van der Waals surface area contributed by atoms with Crippen molar-refractivity contribution in [1.82, 2.24) is 0 Å². The van der Waals surface area contributed by atoms with Gasteiger partial charge < -0.3 is 9.47 Å². The first-order chi connectivity index (χ1) is 16.2. The van der Waals surface area contributed by atoms with Gasteiger partial charge in [0.15, 0.2) is 0 Å². The largest absolute Gasteiger partial charge is 0.497 e. The Morgan fingerprint density at radius 1 is 0.500 bits per heavy atom. The van der Waals surface area contributed by atoms with E-state index in [9.17, 15) is 0 Å². The minimum absolute atomic E-state index is 0. The Balaban J connectivity index is 0.000000157. The molecule has 0 aliphatic rings. The summed E-state index contributed by atoms with van der Waals surface area (Å²) in [4.78, 5) is 0. The lowest BCUT2D eigenvalue weighted by Gasteiger charge is -2.08. The van der Waals surface area contributed by atoms with E-state index in [1.807, 2.05) is 6.07 Å². The van der Waals surface area contributed by atoms with Crippen LogP contribution in [0.2, 0.25) is 0 Å². The van der Waals surface area contributed by atoms with Crippen molar-refractivity contribution in [1.29, 1.82) is 0 Å². The minimum Gasteiger partial charge on any atom is -0.497 e. The standard InChI is InChI=1S/C15H11BrO.C15H12O.CH4/c1-17-15-9-13-11(8-14(15)16)7-6-10-4-2-3-5-12(10)13;1-16-13-9-8-12-7-6-11-4-2-3-5-14(11)15(12)10-13;/h2-9H,1H3;2-10H,1H3;1H4. The van der Waals surface area contributed by atoms with Crippen molar-refractivity contribution in [3.63, 3.8) is 0 Å². The van der Waals surface area contributed by atoms with Gasteiger partial charge in [0.25, 0.3) is 0 Å². The average Bonchev–Trinajstić information content (AvgIpc) is 2.88. The summed E-state index contributed by atoms with van der Waals surface area (Å²) < 4.78 is 11.6. The lowest BCUT2D eigenvalue weighted by atomic mass is 10.0. The molecule has 0 atom stereocenters. The molecule has 0 spiro atoms. The molecular formula is C31H27BrO2. The van der Waals surface area contributed by atoms with Crippen LogP contribution in [0.25, 0.3) is 43.1 Å². The Labute approximate surface area is 208 Å². The van der Waals surface area contributed by atoms with E-state index in [2.05, 4.69) is 113 Å². The van der Waals surface area contributed by atoms with E-state index in [0.717, 1.165) is 16.0 Å². The van der Waals surface area contributed by atoms with Gasteiger partial charge in [0.05, 0.1) is 18.7 Å². The number of hydrogen-bond donors (Lipinski definition) is 0. The lowest BCUT2D eigenvalue weighted by molar-refractivity contribution is 0.413. The maximum absolute atomic E-state index is 5.36. The fourth-order valence-corrected chi connectivity index (χ4v) is 4.79. The third kappa shape index (κ3) is 4.44. The molecule has 0 radical (unpaired) electrons. The van der Waals surface area contributed by atoms with Gasteiger partial charge in [-0.25, -0.2) is 0 Å². The van der Waals surface area contributed by atoms with Crippen LogP contribution in [0.15, 0.2) is 108 Å². The van der Waals surface area contributed by atoms with Crippen LogP contribution in [0.5, 0.6) is 11.5 Å². The molecule has 3 heteroatoms. The SMILES string of the molecule is C.COc1cc2c(ccc3ccccc32)cc1Br.COc1ccc2ccc3ccccc3c2c1.